The van der Waals surface area contributed by atoms with Gasteiger partial charge in [-0.1, -0.05) is 60.2 Å². The van der Waals surface area contributed by atoms with Gasteiger partial charge in [-0.05, 0) is 48.7 Å². The van der Waals surface area contributed by atoms with Crippen LogP contribution in [-0.4, -0.2) is 25.0 Å². The van der Waals surface area contributed by atoms with Crippen LogP contribution in [0.2, 0.25) is 0 Å². The second-order valence-electron chi connectivity index (χ2n) is 7.67. The van der Waals surface area contributed by atoms with Gasteiger partial charge in [0, 0.05) is 24.7 Å². The molecular weight excluding hydrogens is 422 g/mol. The highest BCUT2D eigenvalue weighted by molar-refractivity contribution is 7.90. The van der Waals surface area contributed by atoms with Gasteiger partial charge < -0.3 is 10.6 Å². The normalized spacial score (nSPS) is 11.4. The smallest absolute Gasteiger partial charge is 0.315 e. The van der Waals surface area contributed by atoms with Crippen molar-refractivity contribution in [1.82, 2.24) is 14.6 Å². The molecule has 4 aromatic rings. The molecule has 0 unspecified atom stereocenters. The van der Waals surface area contributed by atoms with E-state index in [0.29, 0.717) is 25.0 Å². The summed E-state index contributed by atoms with van der Waals surface area (Å²) in [6.45, 7) is 2.82. The number of amides is 2. The number of aromatic nitrogens is 1. The minimum absolute atomic E-state index is 0.236. The van der Waals surface area contributed by atoms with Crippen LogP contribution in [0.4, 0.5) is 4.79 Å². The van der Waals surface area contributed by atoms with E-state index in [1.807, 2.05) is 55.5 Å². The molecule has 3 aromatic carbocycles. The molecule has 0 aliphatic carbocycles. The zero-order chi connectivity index (χ0) is 22.6. The van der Waals surface area contributed by atoms with Crippen LogP contribution in [0, 0.1) is 6.92 Å². The molecule has 2 amide bonds. The largest absolute Gasteiger partial charge is 0.338 e. The third kappa shape index (κ3) is 4.84. The summed E-state index contributed by atoms with van der Waals surface area (Å²) in [5, 5.41) is 6.52. The van der Waals surface area contributed by atoms with Crippen molar-refractivity contribution in [2.24, 2.45) is 0 Å². The fourth-order valence-electron chi connectivity index (χ4n) is 3.50. The standard InChI is InChI=1S/C25H25N3O3S/c1-19-7-11-23(12-8-19)32(30,31)28-16-14-22-10-9-20(17-24(22)28)13-15-26-25(29)27-18-21-5-3-2-4-6-21/h2-12,14,16-17H,13,15,18H2,1H3,(H2,26,27,29). The third-order valence-corrected chi connectivity index (χ3v) is 7.00. The second-order valence-corrected chi connectivity index (χ2v) is 9.48. The summed E-state index contributed by atoms with van der Waals surface area (Å²) >= 11 is 0. The second kappa shape index (κ2) is 9.28. The third-order valence-electron chi connectivity index (χ3n) is 5.29. The van der Waals surface area contributed by atoms with E-state index in [1.165, 1.54) is 3.97 Å². The minimum atomic E-state index is -3.69. The predicted octanol–water partition coefficient (Wildman–Crippen LogP) is 4.23. The number of urea groups is 1. The molecule has 0 atom stereocenters. The van der Waals surface area contributed by atoms with Gasteiger partial charge in [-0.2, -0.15) is 0 Å². The first-order valence-electron chi connectivity index (χ1n) is 10.4. The zero-order valence-electron chi connectivity index (χ0n) is 17.8. The van der Waals surface area contributed by atoms with Gasteiger partial charge in [-0.25, -0.2) is 17.2 Å². The van der Waals surface area contributed by atoms with Crippen molar-refractivity contribution in [2.75, 3.05) is 6.54 Å². The van der Waals surface area contributed by atoms with Crippen LogP contribution >= 0.6 is 0 Å². The molecule has 32 heavy (non-hydrogen) atoms. The Kier molecular flexibility index (Phi) is 6.28. The molecule has 2 N–H and O–H groups in total. The predicted molar refractivity (Wildman–Crippen MR) is 126 cm³/mol. The van der Waals surface area contributed by atoms with Gasteiger partial charge in [0.2, 0.25) is 0 Å². The van der Waals surface area contributed by atoms with E-state index in [-0.39, 0.29) is 10.9 Å². The molecule has 1 heterocycles. The molecule has 4 rings (SSSR count). The van der Waals surface area contributed by atoms with E-state index in [4.69, 9.17) is 0 Å². The van der Waals surface area contributed by atoms with E-state index in [0.717, 1.165) is 22.1 Å². The van der Waals surface area contributed by atoms with Crippen LogP contribution in [0.15, 0.2) is 90.0 Å². The molecule has 0 saturated heterocycles. The van der Waals surface area contributed by atoms with E-state index in [9.17, 15) is 13.2 Å². The number of nitrogens with one attached hydrogen (secondary N) is 2. The van der Waals surface area contributed by atoms with E-state index >= 15 is 0 Å². The van der Waals surface area contributed by atoms with Gasteiger partial charge >= 0.3 is 6.03 Å². The van der Waals surface area contributed by atoms with Crippen LogP contribution < -0.4 is 10.6 Å². The first-order chi connectivity index (χ1) is 15.4. The molecule has 0 aliphatic heterocycles. The zero-order valence-corrected chi connectivity index (χ0v) is 18.6. The fourth-order valence-corrected chi connectivity index (χ4v) is 4.84. The number of rotatable bonds is 7. The maximum Gasteiger partial charge on any atom is 0.315 e. The molecule has 0 saturated carbocycles. The quantitative estimate of drug-likeness (QED) is 0.445. The SMILES string of the molecule is Cc1ccc(S(=O)(=O)n2ccc3ccc(CCNC(=O)NCc4ccccc4)cc32)cc1. The first kappa shape index (κ1) is 21.6. The van der Waals surface area contributed by atoms with Crippen LogP contribution in [0.1, 0.15) is 16.7 Å². The Hall–Kier alpha value is -3.58. The molecule has 6 nitrogen and oxygen atoms in total. The van der Waals surface area contributed by atoms with E-state index in [1.54, 1.807) is 36.5 Å². The van der Waals surface area contributed by atoms with Crippen LogP contribution in [-0.2, 0) is 23.0 Å². The number of hydrogen-bond donors (Lipinski definition) is 2. The summed E-state index contributed by atoms with van der Waals surface area (Å²) in [4.78, 5) is 12.3. The Bertz CT molecular complexity index is 1330. The summed E-state index contributed by atoms with van der Waals surface area (Å²) in [7, 11) is -3.69. The Balaban J connectivity index is 1.42. The van der Waals surface area contributed by atoms with Crippen molar-refractivity contribution < 1.29 is 13.2 Å². The molecule has 0 fully saturated rings. The average Bonchev–Trinajstić information content (AvgIpc) is 3.23. The fraction of sp³-hybridized carbons (Fsp3) is 0.160. The molecular formula is C25H25N3O3S. The number of nitrogens with zero attached hydrogens (tertiary/aromatic N) is 1. The van der Waals surface area contributed by atoms with E-state index < -0.39 is 10.0 Å². The number of carbonyl (C=O) groups excluding carboxylic acids is 1. The Morgan fingerprint density at radius 2 is 1.62 bits per heavy atom. The highest BCUT2D eigenvalue weighted by Gasteiger charge is 2.18. The van der Waals surface area contributed by atoms with Crippen molar-refractivity contribution in [3.05, 3.63) is 102 Å². The number of carbonyl (C=O) groups is 1. The number of hydrogen-bond acceptors (Lipinski definition) is 3. The maximum atomic E-state index is 13.1. The molecule has 0 bridgehead atoms. The van der Waals surface area contributed by atoms with Gasteiger partial charge in [0.15, 0.2) is 0 Å². The lowest BCUT2D eigenvalue weighted by molar-refractivity contribution is 0.240. The lowest BCUT2D eigenvalue weighted by Gasteiger charge is -2.10. The Labute approximate surface area is 187 Å². The summed E-state index contributed by atoms with van der Waals surface area (Å²) in [6.07, 6.45) is 2.17. The van der Waals surface area contributed by atoms with Crippen molar-refractivity contribution >= 4 is 27.0 Å². The van der Waals surface area contributed by atoms with E-state index in [2.05, 4.69) is 10.6 Å². The van der Waals surface area contributed by atoms with Gasteiger partial charge in [0.1, 0.15) is 0 Å². The monoisotopic (exact) mass is 447 g/mol. The highest BCUT2D eigenvalue weighted by atomic mass is 32.2. The number of benzene rings is 3. The summed E-state index contributed by atoms with van der Waals surface area (Å²) < 4.78 is 27.6. The summed E-state index contributed by atoms with van der Waals surface area (Å²) in [6, 6.07) is 23.8. The van der Waals surface area contributed by atoms with Crippen molar-refractivity contribution in [3.63, 3.8) is 0 Å². The molecule has 0 aliphatic rings. The molecule has 1 aromatic heterocycles. The molecule has 0 radical (unpaired) electrons. The highest BCUT2D eigenvalue weighted by Crippen LogP contribution is 2.23. The van der Waals surface area contributed by atoms with Crippen molar-refractivity contribution in [1.29, 1.82) is 0 Å². The first-order valence-corrected chi connectivity index (χ1v) is 11.9. The molecule has 164 valence electrons. The number of aryl methyl sites for hydroxylation is 1. The minimum Gasteiger partial charge on any atom is -0.338 e. The molecule has 0 spiro atoms. The Morgan fingerprint density at radius 1 is 0.875 bits per heavy atom. The number of fused-ring (bicyclic) bond motifs is 1. The van der Waals surface area contributed by atoms with Crippen molar-refractivity contribution in [3.8, 4) is 0 Å². The van der Waals surface area contributed by atoms with Gasteiger partial charge in [-0.3, -0.25) is 0 Å². The molecule has 7 heteroatoms. The van der Waals surface area contributed by atoms with Crippen LogP contribution in [0.5, 0.6) is 0 Å². The topological polar surface area (TPSA) is 80.2 Å². The van der Waals surface area contributed by atoms with Crippen LogP contribution in [0.25, 0.3) is 10.9 Å². The van der Waals surface area contributed by atoms with Gasteiger partial charge in [0.25, 0.3) is 10.0 Å². The lowest BCUT2D eigenvalue weighted by Crippen LogP contribution is -2.36. The van der Waals surface area contributed by atoms with Gasteiger partial charge in [0.05, 0.1) is 10.4 Å². The average molecular weight is 448 g/mol. The van der Waals surface area contributed by atoms with Crippen LogP contribution in [0.3, 0.4) is 0 Å². The summed E-state index contributed by atoms with van der Waals surface area (Å²) in [5.74, 6) is 0. The van der Waals surface area contributed by atoms with Gasteiger partial charge in [-0.15, -0.1) is 0 Å². The summed E-state index contributed by atoms with van der Waals surface area (Å²) in [5.41, 5.74) is 3.60. The Morgan fingerprint density at radius 3 is 2.38 bits per heavy atom. The lowest BCUT2D eigenvalue weighted by atomic mass is 10.1. The maximum absolute atomic E-state index is 13.1. The van der Waals surface area contributed by atoms with Crippen molar-refractivity contribution in [2.45, 2.75) is 24.8 Å².